The van der Waals surface area contributed by atoms with E-state index in [9.17, 15) is 9.59 Å². The molecule has 1 aromatic heterocycles. The normalized spacial score (nSPS) is 11.5. The van der Waals surface area contributed by atoms with E-state index in [1.165, 1.54) is 0 Å². The number of amides is 3. The number of aryl methyl sites for hydroxylation is 1. The summed E-state index contributed by atoms with van der Waals surface area (Å²) in [5, 5.41) is 2.75. The van der Waals surface area contributed by atoms with Crippen LogP contribution in [-0.2, 0) is 18.3 Å². The number of nitrogens with zero attached hydrogens (tertiary/aromatic N) is 1. The fraction of sp³-hybridized carbons (Fsp3) is 0.250. The second-order valence-corrected chi connectivity index (χ2v) is 5.07. The molecule has 6 nitrogen and oxygen atoms in total. The van der Waals surface area contributed by atoms with Gasteiger partial charge in [0.2, 0.25) is 5.91 Å². The topological polar surface area (TPSA) is 75.2 Å². The summed E-state index contributed by atoms with van der Waals surface area (Å²) in [6.45, 7) is 1.88. The van der Waals surface area contributed by atoms with Crippen molar-refractivity contribution in [2.24, 2.45) is 7.05 Å². The highest BCUT2D eigenvalue weighted by atomic mass is 16.2. The van der Waals surface area contributed by atoms with Crippen LogP contribution in [0.3, 0.4) is 0 Å². The van der Waals surface area contributed by atoms with Gasteiger partial charge >= 0.3 is 6.03 Å². The molecule has 0 unspecified atom stereocenters. The van der Waals surface area contributed by atoms with Gasteiger partial charge in [-0.1, -0.05) is 30.3 Å². The van der Waals surface area contributed by atoms with Gasteiger partial charge in [0, 0.05) is 18.9 Å². The molecule has 3 N–H and O–H groups in total. The van der Waals surface area contributed by atoms with Crippen LogP contribution >= 0.6 is 0 Å². The summed E-state index contributed by atoms with van der Waals surface area (Å²) < 4.78 is 1.86. The van der Waals surface area contributed by atoms with Crippen LogP contribution in [0.4, 0.5) is 4.79 Å². The van der Waals surface area contributed by atoms with E-state index >= 15 is 0 Å². The van der Waals surface area contributed by atoms with Crippen molar-refractivity contribution in [3.05, 3.63) is 59.9 Å². The number of hydrogen-bond acceptors (Lipinski definition) is 2. The van der Waals surface area contributed by atoms with Crippen LogP contribution in [0.1, 0.15) is 24.2 Å². The van der Waals surface area contributed by atoms with Crippen molar-refractivity contribution in [1.29, 1.82) is 0 Å². The first kappa shape index (κ1) is 15.6. The molecule has 0 aliphatic rings. The molecule has 0 aliphatic carbocycles. The number of rotatable bonds is 4. The van der Waals surface area contributed by atoms with Gasteiger partial charge in [0.15, 0.2) is 0 Å². The first-order chi connectivity index (χ1) is 10.6. The summed E-state index contributed by atoms with van der Waals surface area (Å²) in [7, 11) is 1.87. The van der Waals surface area contributed by atoms with Gasteiger partial charge in [-0.15, -0.1) is 0 Å². The molecule has 0 aliphatic heterocycles. The summed E-state index contributed by atoms with van der Waals surface area (Å²) in [6.07, 6.45) is 2.07. The average Bonchev–Trinajstić information content (AvgIpc) is 2.91. The van der Waals surface area contributed by atoms with E-state index in [-0.39, 0.29) is 18.4 Å². The predicted molar refractivity (Wildman–Crippen MR) is 83.8 cm³/mol. The molecule has 2 rings (SSSR count). The molecule has 0 fully saturated rings. The second kappa shape index (κ2) is 7.31. The fourth-order valence-electron chi connectivity index (χ4n) is 2.07. The van der Waals surface area contributed by atoms with Crippen molar-refractivity contribution in [2.75, 3.05) is 0 Å². The van der Waals surface area contributed by atoms with Crippen molar-refractivity contribution in [3.8, 4) is 0 Å². The van der Waals surface area contributed by atoms with Crippen molar-refractivity contribution >= 4 is 11.9 Å². The Balaban J connectivity index is 1.76. The van der Waals surface area contributed by atoms with Crippen LogP contribution in [0.25, 0.3) is 0 Å². The van der Waals surface area contributed by atoms with Crippen molar-refractivity contribution in [1.82, 2.24) is 20.7 Å². The van der Waals surface area contributed by atoms with Crippen molar-refractivity contribution < 1.29 is 9.59 Å². The third kappa shape index (κ3) is 4.37. The number of urea groups is 1. The maximum atomic E-state index is 11.8. The maximum absolute atomic E-state index is 11.8. The van der Waals surface area contributed by atoms with E-state index in [2.05, 4.69) is 16.2 Å². The number of carbonyl (C=O) groups excluding carboxylic acids is 2. The number of hydrogen-bond donors (Lipinski definition) is 3. The fourth-order valence-corrected chi connectivity index (χ4v) is 2.07. The molecule has 0 spiro atoms. The largest absolute Gasteiger partial charge is 0.354 e. The Morgan fingerprint density at radius 3 is 2.45 bits per heavy atom. The van der Waals surface area contributed by atoms with Gasteiger partial charge in [-0.05, 0) is 24.6 Å². The van der Waals surface area contributed by atoms with Gasteiger partial charge in [-0.3, -0.25) is 10.2 Å². The van der Waals surface area contributed by atoms with Crippen LogP contribution in [0.2, 0.25) is 0 Å². The summed E-state index contributed by atoms with van der Waals surface area (Å²) >= 11 is 0. The molecule has 3 amide bonds. The Morgan fingerprint density at radius 2 is 1.82 bits per heavy atom. The van der Waals surface area contributed by atoms with Gasteiger partial charge < -0.3 is 9.88 Å². The predicted octanol–water partition coefficient (Wildman–Crippen LogP) is 1.66. The van der Waals surface area contributed by atoms with Gasteiger partial charge in [-0.2, -0.15) is 0 Å². The molecular formula is C16H20N4O2. The Kier molecular flexibility index (Phi) is 5.19. The molecular weight excluding hydrogens is 280 g/mol. The first-order valence-corrected chi connectivity index (χ1v) is 7.07. The second-order valence-electron chi connectivity index (χ2n) is 5.07. The van der Waals surface area contributed by atoms with Crippen LogP contribution in [0, 0.1) is 0 Å². The van der Waals surface area contributed by atoms with Crippen LogP contribution in [0.5, 0.6) is 0 Å². The summed E-state index contributed by atoms with van der Waals surface area (Å²) in [6, 6.07) is 12.7. The molecule has 1 atom stereocenters. The molecule has 0 bridgehead atoms. The minimum absolute atomic E-state index is 0.147. The molecule has 0 saturated heterocycles. The van der Waals surface area contributed by atoms with Crippen LogP contribution in [0.15, 0.2) is 48.7 Å². The van der Waals surface area contributed by atoms with Crippen LogP contribution in [-0.4, -0.2) is 16.5 Å². The van der Waals surface area contributed by atoms with Crippen molar-refractivity contribution in [3.63, 3.8) is 0 Å². The molecule has 6 heteroatoms. The quantitative estimate of drug-likeness (QED) is 0.751. The molecule has 1 heterocycles. The van der Waals surface area contributed by atoms with Gasteiger partial charge in [0.25, 0.3) is 0 Å². The molecule has 22 heavy (non-hydrogen) atoms. The molecule has 2 aromatic rings. The summed E-state index contributed by atoms with van der Waals surface area (Å²) in [4.78, 5) is 23.5. The molecule has 1 aromatic carbocycles. The standard InChI is InChI=1S/C16H20N4O2/c1-12(13-7-4-3-5-8-13)17-16(22)19-18-15(21)11-14-9-6-10-20(14)2/h3-10,12H,11H2,1-2H3,(H,18,21)(H2,17,19,22)/t12-/m1/s1. The third-order valence-corrected chi connectivity index (χ3v) is 3.36. The number of hydrazine groups is 1. The Hall–Kier alpha value is -2.76. The van der Waals surface area contributed by atoms with E-state index in [1.807, 2.05) is 67.2 Å². The minimum Gasteiger partial charge on any atom is -0.354 e. The van der Waals surface area contributed by atoms with E-state index in [4.69, 9.17) is 0 Å². The zero-order valence-corrected chi connectivity index (χ0v) is 12.7. The number of benzene rings is 1. The molecule has 0 radical (unpaired) electrons. The Labute approximate surface area is 129 Å². The minimum atomic E-state index is -0.448. The van der Waals surface area contributed by atoms with E-state index in [0.29, 0.717) is 0 Å². The maximum Gasteiger partial charge on any atom is 0.333 e. The monoisotopic (exact) mass is 300 g/mol. The Bertz CT molecular complexity index is 637. The third-order valence-electron chi connectivity index (χ3n) is 3.36. The highest BCUT2D eigenvalue weighted by molar-refractivity contribution is 5.82. The van der Waals surface area contributed by atoms with E-state index < -0.39 is 6.03 Å². The average molecular weight is 300 g/mol. The molecule has 116 valence electrons. The lowest BCUT2D eigenvalue weighted by Crippen LogP contribution is -2.48. The molecule has 0 saturated carbocycles. The zero-order chi connectivity index (χ0) is 15.9. The highest BCUT2D eigenvalue weighted by Crippen LogP contribution is 2.10. The number of aromatic nitrogens is 1. The number of carbonyl (C=O) groups is 2. The lowest BCUT2D eigenvalue weighted by Gasteiger charge is -2.15. The van der Waals surface area contributed by atoms with Crippen molar-refractivity contribution in [2.45, 2.75) is 19.4 Å². The summed E-state index contributed by atoms with van der Waals surface area (Å²) in [5.41, 5.74) is 6.61. The van der Waals surface area contributed by atoms with Gasteiger partial charge in [-0.25, -0.2) is 10.2 Å². The van der Waals surface area contributed by atoms with Crippen LogP contribution < -0.4 is 16.2 Å². The highest BCUT2D eigenvalue weighted by Gasteiger charge is 2.10. The smallest absolute Gasteiger partial charge is 0.333 e. The zero-order valence-electron chi connectivity index (χ0n) is 12.7. The van der Waals surface area contributed by atoms with E-state index in [1.54, 1.807) is 0 Å². The summed E-state index contributed by atoms with van der Waals surface area (Å²) in [5.74, 6) is -0.274. The Morgan fingerprint density at radius 1 is 1.09 bits per heavy atom. The van der Waals surface area contributed by atoms with Gasteiger partial charge in [0.05, 0.1) is 12.5 Å². The number of nitrogens with one attached hydrogen (secondary N) is 3. The van der Waals surface area contributed by atoms with Gasteiger partial charge in [0.1, 0.15) is 0 Å². The SMILES string of the molecule is C[C@@H](NC(=O)NNC(=O)Cc1cccn1C)c1ccccc1. The first-order valence-electron chi connectivity index (χ1n) is 7.07. The lowest BCUT2D eigenvalue weighted by atomic mass is 10.1. The van der Waals surface area contributed by atoms with E-state index in [0.717, 1.165) is 11.3 Å². The lowest BCUT2D eigenvalue weighted by molar-refractivity contribution is -0.121.